The standard InChI is InChI=1S/C14H20N2O2/c1-3-11(15-2)9-18-12-5-6-13-10(8-12)4-7-14(17)16-13/h5-6,8,11,15H,3-4,7,9H2,1-2H3,(H,16,17). The van der Waals surface area contributed by atoms with E-state index >= 15 is 0 Å². The first-order valence-electron chi connectivity index (χ1n) is 6.45. The van der Waals surface area contributed by atoms with E-state index in [2.05, 4.69) is 17.6 Å². The number of rotatable bonds is 5. The zero-order valence-electron chi connectivity index (χ0n) is 11.0. The maximum atomic E-state index is 11.3. The number of aryl methyl sites for hydroxylation is 1. The van der Waals surface area contributed by atoms with E-state index in [1.165, 1.54) is 0 Å². The van der Waals surface area contributed by atoms with Gasteiger partial charge in [-0.05, 0) is 43.7 Å². The predicted molar refractivity (Wildman–Crippen MR) is 72.0 cm³/mol. The average molecular weight is 248 g/mol. The van der Waals surface area contributed by atoms with Gasteiger partial charge in [-0.2, -0.15) is 0 Å². The van der Waals surface area contributed by atoms with Crippen molar-refractivity contribution in [2.45, 2.75) is 32.2 Å². The molecule has 0 radical (unpaired) electrons. The highest BCUT2D eigenvalue weighted by Crippen LogP contribution is 2.26. The summed E-state index contributed by atoms with van der Waals surface area (Å²) in [6, 6.07) is 6.23. The Morgan fingerprint density at radius 3 is 3.00 bits per heavy atom. The van der Waals surface area contributed by atoms with Gasteiger partial charge in [0, 0.05) is 18.2 Å². The van der Waals surface area contributed by atoms with E-state index in [0.29, 0.717) is 19.1 Å². The van der Waals surface area contributed by atoms with Crippen molar-refractivity contribution in [2.75, 3.05) is 19.0 Å². The number of nitrogens with one attached hydrogen (secondary N) is 2. The number of amides is 1. The van der Waals surface area contributed by atoms with Crippen LogP contribution in [0.5, 0.6) is 5.75 Å². The molecule has 1 amide bonds. The van der Waals surface area contributed by atoms with Gasteiger partial charge < -0.3 is 15.4 Å². The molecule has 1 unspecified atom stereocenters. The van der Waals surface area contributed by atoms with Gasteiger partial charge in [-0.3, -0.25) is 4.79 Å². The van der Waals surface area contributed by atoms with Crippen LogP contribution in [0.2, 0.25) is 0 Å². The largest absolute Gasteiger partial charge is 0.492 e. The van der Waals surface area contributed by atoms with Crippen molar-refractivity contribution >= 4 is 11.6 Å². The lowest BCUT2D eigenvalue weighted by molar-refractivity contribution is -0.116. The SMILES string of the molecule is CCC(COc1ccc2c(c1)CCC(=O)N2)NC. The summed E-state index contributed by atoms with van der Waals surface area (Å²) in [5.41, 5.74) is 2.07. The maximum absolute atomic E-state index is 11.3. The van der Waals surface area contributed by atoms with E-state index < -0.39 is 0 Å². The Kier molecular flexibility index (Phi) is 4.20. The molecular weight excluding hydrogens is 228 g/mol. The van der Waals surface area contributed by atoms with E-state index in [-0.39, 0.29) is 5.91 Å². The minimum atomic E-state index is 0.0948. The van der Waals surface area contributed by atoms with E-state index in [4.69, 9.17) is 4.74 Å². The van der Waals surface area contributed by atoms with Crippen molar-refractivity contribution in [2.24, 2.45) is 0 Å². The predicted octanol–water partition coefficient (Wildman–Crippen LogP) is 1.95. The molecule has 1 atom stereocenters. The number of carbonyl (C=O) groups is 1. The normalized spacial score (nSPS) is 15.8. The molecule has 4 nitrogen and oxygen atoms in total. The van der Waals surface area contributed by atoms with E-state index in [1.807, 2.05) is 25.2 Å². The molecule has 0 fully saturated rings. The Balaban J connectivity index is 2.01. The number of benzene rings is 1. The molecule has 1 aromatic carbocycles. The van der Waals surface area contributed by atoms with Gasteiger partial charge in [-0.25, -0.2) is 0 Å². The molecular formula is C14H20N2O2. The van der Waals surface area contributed by atoms with Gasteiger partial charge in [0.1, 0.15) is 12.4 Å². The van der Waals surface area contributed by atoms with Crippen LogP contribution in [-0.2, 0) is 11.2 Å². The molecule has 0 bridgehead atoms. The Hall–Kier alpha value is -1.55. The van der Waals surface area contributed by atoms with Crippen LogP contribution in [0.25, 0.3) is 0 Å². The molecule has 1 heterocycles. The van der Waals surface area contributed by atoms with Gasteiger partial charge in [0.15, 0.2) is 0 Å². The Morgan fingerprint density at radius 1 is 1.44 bits per heavy atom. The van der Waals surface area contributed by atoms with Crippen LogP contribution in [0.1, 0.15) is 25.3 Å². The lowest BCUT2D eigenvalue weighted by atomic mass is 10.0. The fraction of sp³-hybridized carbons (Fsp3) is 0.500. The highest BCUT2D eigenvalue weighted by atomic mass is 16.5. The molecule has 0 aliphatic carbocycles. The molecule has 0 aromatic heterocycles. The number of likely N-dealkylation sites (N-methyl/N-ethyl adjacent to an activating group) is 1. The summed E-state index contributed by atoms with van der Waals surface area (Å²) < 4.78 is 5.77. The minimum absolute atomic E-state index is 0.0948. The average Bonchev–Trinajstić information content (AvgIpc) is 2.40. The molecule has 18 heavy (non-hydrogen) atoms. The number of ether oxygens (including phenoxy) is 1. The lowest BCUT2D eigenvalue weighted by Crippen LogP contribution is -2.30. The Morgan fingerprint density at radius 2 is 2.28 bits per heavy atom. The molecule has 1 aliphatic heterocycles. The van der Waals surface area contributed by atoms with Gasteiger partial charge in [-0.1, -0.05) is 6.92 Å². The van der Waals surface area contributed by atoms with Crippen LogP contribution in [0, 0.1) is 0 Å². The molecule has 2 rings (SSSR count). The zero-order chi connectivity index (χ0) is 13.0. The van der Waals surface area contributed by atoms with Gasteiger partial charge in [0.05, 0.1) is 0 Å². The van der Waals surface area contributed by atoms with Crippen LogP contribution in [0.3, 0.4) is 0 Å². The molecule has 1 aromatic rings. The molecule has 4 heteroatoms. The summed E-state index contributed by atoms with van der Waals surface area (Å²) in [4.78, 5) is 11.3. The van der Waals surface area contributed by atoms with Gasteiger partial charge in [0.2, 0.25) is 5.91 Å². The van der Waals surface area contributed by atoms with E-state index in [0.717, 1.165) is 29.8 Å². The Bertz CT molecular complexity index is 428. The fourth-order valence-electron chi connectivity index (χ4n) is 2.05. The van der Waals surface area contributed by atoms with E-state index in [9.17, 15) is 4.79 Å². The third-order valence-electron chi connectivity index (χ3n) is 3.32. The quantitative estimate of drug-likeness (QED) is 0.837. The van der Waals surface area contributed by atoms with Crippen LogP contribution < -0.4 is 15.4 Å². The number of hydrogen-bond acceptors (Lipinski definition) is 3. The van der Waals surface area contributed by atoms with Crippen LogP contribution in [0.4, 0.5) is 5.69 Å². The summed E-state index contributed by atoms with van der Waals surface area (Å²) in [6.07, 6.45) is 2.39. The van der Waals surface area contributed by atoms with Gasteiger partial charge in [0.25, 0.3) is 0 Å². The Labute approximate surface area is 108 Å². The van der Waals surface area contributed by atoms with Crippen LogP contribution >= 0.6 is 0 Å². The second-order valence-corrected chi connectivity index (χ2v) is 4.57. The summed E-state index contributed by atoms with van der Waals surface area (Å²) in [5.74, 6) is 0.969. The third-order valence-corrected chi connectivity index (χ3v) is 3.32. The number of fused-ring (bicyclic) bond motifs is 1. The second kappa shape index (κ2) is 5.87. The van der Waals surface area contributed by atoms with Crippen molar-refractivity contribution in [3.8, 4) is 5.75 Å². The van der Waals surface area contributed by atoms with E-state index in [1.54, 1.807) is 0 Å². The summed E-state index contributed by atoms with van der Waals surface area (Å²) in [5, 5.41) is 6.08. The second-order valence-electron chi connectivity index (χ2n) is 4.57. The highest BCUT2D eigenvalue weighted by Gasteiger charge is 2.15. The topological polar surface area (TPSA) is 50.4 Å². The molecule has 98 valence electrons. The summed E-state index contributed by atoms with van der Waals surface area (Å²) in [6.45, 7) is 2.80. The first kappa shape index (κ1) is 12.9. The summed E-state index contributed by atoms with van der Waals surface area (Å²) in [7, 11) is 1.94. The fourth-order valence-corrected chi connectivity index (χ4v) is 2.05. The minimum Gasteiger partial charge on any atom is -0.492 e. The number of hydrogen-bond donors (Lipinski definition) is 2. The van der Waals surface area contributed by atoms with Gasteiger partial charge in [-0.15, -0.1) is 0 Å². The maximum Gasteiger partial charge on any atom is 0.224 e. The molecule has 2 N–H and O–H groups in total. The third kappa shape index (κ3) is 3.01. The van der Waals surface area contributed by atoms with Crippen molar-refractivity contribution < 1.29 is 9.53 Å². The molecule has 0 saturated heterocycles. The molecule has 1 aliphatic rings. The zero-order valence-corrected chi connectivity index (χ0v) is 11.0. The van der Waals surface area contributed by atoms with Crippen LogP contribution in [0.15, 0.2) is 18.2 Å². The first-order chi connectivity index (χ1) is 8.72. The van der Waals surface area contributed by atoms with Gasteiger partial charge >= 0.3 is 0 Å². The van der Waals surface area contributed by atoms with Crippen molar-refractivity contribution in [3.05, 3.63) is 23.8 Å². The van der Waals surface area contributed by atoms with Crippen LogP contribution in [-0.4, -0.2) is 25.6 Å². The van der Waals surface area contributed by atoms with Crippen molar-refractivity contribution in [3.63, 3.8) is 0 Å². The summed E-state index contributed by atoms with van der Waals surface area (Å²) >= 11 is 0. The first-order valence-corrected chi connectivity index (χ1v) is 6.45. The number of carbonyl (C=O) groups excluding carboxylic acids is 1. The number of anilines is 1. The smallest absolute Gasteiger partial charge is 0.224 e. The molecule has 0 spiro atoms. The highest BCUT2D eigenvalue weighted by molar-refractivity contribution is 5.93. The van der Waals surface area contributed by atoms with Crippen molar-refractivity contribution in [1.82, 2.24) is 5.32 Å². The molecule has 0 saturated carbocycles. The van der Waals surface area contributed by atoms with Crippen molar-refractivity contribution in [1.29, 1.82) is 0 Å². The lowest BCUT2D eigenvalue weighted by Gasteiger charge is -2.19. The monoisotopic (exact) mass is 248 g/mol.